The van der Waals surface area contributed by atoms with Gasteiger partial charge < -0.3 is 14.7 Å². The van der Waals surface area contributed by atoms with Crippen molar-refractivity contribution in [3.8, 4) is 0 Å². The predicted molar refractivity (Wildman–Crippen MR) is 129 cm³/mol. The maximum atomic E-state index is 10.8. The van der Waals surface area contributed by atoms with Gasteiger partial charge in [-0.15, -0.1) is 4.91 Å². The summed E-state index contributed by atoms with van der Waals surface area (Å²) < 4.78 is 6.15. The number of aliphatic hydroxyl groups is 1. The summed E-state index contributed by atoms with van der Waals surface area (Å²) in [5.74, 6) is -0.345. The zero-order valence-corrected chi connectivity index (χ0v) is 19.8. The van der Waals surface area contributed by atoms with Crippen LogP contribution in [0.4, 0.5) is 0 Å². The molecule has 0 bridgehead atoms. The number of rotatable bonds is 21. The van der Waals surface area contributed by atoms with Gasteiger partial charge in [-0.25, -0.2) is 0 Å². The van der Waals surface area contributed by atoms with Gasteiger partial charge in [-0.2, -0.15) is 0 Å². The summed E-state index contributed by atoms with van der Waals surface area (Å²) in [6.07, 6.45) is 20.7. The van der Waals surface area contributed by atoms with Crippen LogP contribution in [-0.4, -0.2) is 49.3 Å². The summed E-state index contributed by atoms with van der Waals surface area (Å²) in [7, 11) is 4.18. The van der Waals surface area contributed by atoms with E-state index in [1.54, 1.807) is 6.08 Å². The highest BCUT2D eigenvalue weighted by Gasteiger charge is 2.07. The zero-order valence-electron chi connectivity index (χ0n) is 19.8. The number of aliphatic hydroxyl groups excluding tert-OH is 1. The molecule has 1 amide bonds. The lowest BCUT2D eigenvalue weighted by atomic mass is 10.0. The number of allylic oxidation sites excluding steroid dienone is 3. The fourth-order valence-electron chi connectivity index (χ4n) is 3.20. The molecule has 0 aliphatic carbocycles. The van der Waals surface area contributed by atoms with Gasteiger partial charge in [0.2, 0.25) is 0 Å². The minimum atomic E-state index is -0.637. The van der Waals surface area contributed by atoms with Crippen LogP contribution in [0.5, 0.6) is 0 Å². The van der Waals surface area contributed by atoms with E-state index in [9.17, 15) is 9.70 Å². The Hall–Kier alpha value is -1.79. The number of unbranched alkanes of at least 4 members (excludes halogenated alkanes) is 6. The maximum absolute atomic E-state index is 10.8. The van der Waals surface area contributed by atoms with Crippen molar-refractivity contribution >= 4 is 5.91 Å². The van der Waals surface area contributed by atoms with Crippen LogP contribution in [-0.2, 0) is 9.53 Å². The first-order valence-corrected chi connectivity index (χ1v) is 11.7. The molecular weight excluding hydrogens is 392 g/mol. The van der Waals surface area contributed by atoms with Crippen molar-refractivity contribution in [1.82, 2.24) is 4.90 Å². The molecule has 6 nitrogen and oxygen atoms in total. The van der Waals surface area contributed by atoms with E-state index in [0.29, 0.717) is 5.76 Å². The van der Waals surface area contributed by atoms with E-state index >= 15 is 0 Å². The Morgan fingerprint density at radius 3 is 2.35 bits per heavy atom. The van der Waals surface area contributed by atoms with Crippen molar-refractivity contribution in [2.24, 2.45) is 5.18 Å². The second-order valence-electron chi connectivity index (χ2n) is 8.33. The van der Waals surface area contributed by atoms with Crippen molar-refractivity contribution in [1.29, 1.82) is 0 Å². The molecule has 0 spiro atoms. The third-order valence-electron chi connectivity index (χ3n) is 4.99. The van der Waals surface area contributed by atoms with Crippen LogP contribution < -0.4 is 0 Å². The fraction of sp³-hybridized carbons (Fsp3) is 0.720. The molecule has 1 atom stereocenters. The standard InChI is InChI=1S/C25H44N2O4/c1-23(28)17-11-7-4-5-8-12-18-24(31-22-16-15-21-27(2)3)19-13-9-6-10-14-20-25(29)26-30/h9-10,13-14,24,28H,1,4-8,11-12,15-22H2,2-3H3/b13-9+,14-10+. The minimum absolute atomic E-state index is 0.0742. The summed E-state index contributed by atoms with van der Waals surface area (Å²) in [5, 5.41) is 11.5. The first kappa shape index (κ1) is 29.2. The van der Waals surface area contributed by atoms with Gasteiger partial charge in [0.25, 0.3) is 5.91 Å². The van der Waals surface area contributed by atoms with Gasteiger partial charge in [0, 0.05) is 18.2 Å². The molecule has 0 aliphatic heterocycles. The van der Waals surface area contributed by atoms with Crippen LogP contribution in [0.15, 0.2) is 41.8 Å². The molecule has 0 radical (unpaired) electrons. The SMILES string of the molecule is C=C(O)CCCCCCCCC(C/C=C/C/C=C/CC(=O)N=O)OCCCCN(C)C. The molecule has 0 aromatic carbocycles. The summed E-state index contributed by atoms with van der Waals surface area (Å²) in [4.78, 5) is 23.0. The molecule has 0 aromatic rings. The largest absolute Gasteiger partial charge is 0.513 e. The van der Waals surface area contributed by atoms with Gasteiger partial charge in [-0.05, 0) is 59.2 Å². The van der Waals surface area contributed by atoms with Crippen molar-refractivity contribution in [2.45, 2.75) is 89.6 Å². The third-order valence-corrected chi connectivity index (χ3v) is 4.99. The molecule has 0 saturated heterocycles. The van der Waals surface area contributed by atoms with E-state index in [-0.39, 0.29) is 12.5 Å². The molecule has 1 unspecified atom stereocenters. The van der Waals surface area contributed by atoms with E-state index in [4.69, 9.17) is 9.84 Å². The van der Waals surface area contributed by atoms with Gasteiger partial charge in [-0.1, -0.05) is 63.0 Å². The number of carbonyl (C=O) groups is 1. The number of hydrogen-bond acceptors (Lipinski definition) is 5. The fourth-order valence-corrected chi connectivity index (χ4v) is 3.20. The molecule has 31 heavy (non-hydrogen) atoms. The molecule has 0 aromatic heterocycles. The smallest absolute Gasteiger partial charge is 0.290 e. The lowest BCUT2D eigenvalue weighted by Gasteiger charge is -2.17. The van der Waals surface area contributed by atoms with E-state index in [0.717, 1.165) is 64.5 Å². The van der Waals surface area contributed by atoms with Gasteiger partial charge in [0.15, 0.2) is 0 Å². The molecule has 6 heteroatoms. The van der Waals surface area contributed by atoms with E-state index in [2.05, 4.69) is 42.9 Å². The molecule has 0 heterocycles. The zero-order chi connectivity index (χ0) is 23.2. The van der Waals surface area contributed by atoms with Gasteiger partial charge in [-0.3, -0.25) is 4.79 Å². The highest BCUT2D eigenvalue weighted by Crippen LogP contribution is 2.15. The first-order valence-electron chi connectivity index (χ1n) is 11.7. The molecule has 0 rings (SSSR count). The summed E-state index contributed by atoms with van der Waals surface area (Å²) in [5.41, 5.74) is 0. The molecule has 1 N–H and O–H groups in total. The van der Waals surface area contributed by atoms with Crippen LogP contribution in [0.1, 0.15) is 83.5 Å². The van der Waals surface area contributed by atoms with Crippen molar-refractivity contribution in [2.75, 3.05) is 27.2 Å². The summed E-state index contributed by atoms with van der Waals surface area (Å²) in [6, 6.07) is 0. The topological polar surface area (TPSA) is 79.2 Å². The Labute approximate surface area is 189 Å². The normalized spacial score (nSPS) is 12.7. The summed E-state index contributed by atoms with van der Waals surface area (Å²) >= 11 is 0. The lowest BCUT2D eigenvalue weighted by Crippen LogP contribution is -2.16. The number of nitroso groups, excluding NO2 is 1. The minimum Gasteiger partial charge on any atom is -0.513 e. The quantitative estimate of drug-likeness (QED) is 0.0963. The Kier molecular flexibility index (Phi) is 20.2. The maximum Gasteiger partial charge on any atom is 0.290 e. The molecule has 0 saturated carbocycles. The molecular formula is C25H44N2O4. The molecule has 0 aliphatic rings. The van der Waals surface area contributed by atoms with E-state index in [1.807, 2.05) is 6.08 Å². The summed E-state index contributed by atoms with van der Waals surface area (Å²) in [6.45, 7) is 5.42. The average Bonchev–Trinajstić information content (AvgIpc) is 2.73. The average molecular weight is 437 g/mol. The Morgan fingerprint density at radius 1 is 1.00 bits per heavy atom. The Morgan fingerprint density at radius 2 is 1.68 bits per heavy atom. The van der Waals surface area contributed by atoms with E-state index < -0.39 is 5.91 Å². The van der Waals surface area contributed by atoms with Crippen LogP contribution in [0.25, 0.3) is 0 Å². The lowest BCUT2D eigenvalue weighted by molar-refractivity contribution is -0.117. The second kappa shape index (κ2) is 21.4. The number of carbonyl (C=O) groups excluding carboxylic acids is 1. The van der Waals surface area contributed by atoms with Crippen molar-refractivity contribution in [3.05, 3.63) is 41.5 Å². The van der Waals surface area contributed by atoms with Crippen molar-refractivity contribution in [3.63, 3.8) is 0 Å². The Balaban J connectivity index is 4.11. The van der Waals surface area contributed by atoms with Crippen LogP contribution in [0.2, 0.25) is 0 Å². The highest BCUT2D eigenvalue weighted by atomic mass is 16.5. The highest BCUT2D eigenvalue weighted by molar-refractivity contribution is 5.77. The number of nitrogens with zero attached hydrogens (tertiary/aromatic N) is 2. The number of hydrogen-bond donors (Lipinski definition) is 1. The van der Waals surface area contributed by atoms with E-state index in [1.165, 1.54) is 25.7 Å². The second-order valence-corrected chi connectivity index (χ2v) is 8.33. The molecule has 178 valence electrons. The number of amides is 1. The van der Waals surface area contributed by atoms with Crippen LogP contribution in [0, 0.1) is 4.91 Å². The first-order chi connectivity index (χ1) is 15.0. The van der Waals surface area contributed by atoms with Crippen LogP contribution in [0.3, 0.4) is 0 Å². The number of ether oxygens (including phenoxy) is 1. The van der Waals surface area contributed by atoms with Crippen molar-refractivity contribution < 1.29 is 14.6 Å². The van der Waals surface area contributed by atoms with Gasteiger partial charge in [0.05, 0.1) is 18.3 Å². The molecule has 0 fully saturated rings. The monoisotopic (exact) mass is 436 g/mol. The third kappa shape index (κ3) is 22.7. The van der Waals surface area contributed by atoms with Gasteiger partial charge in [0.1, 0.15) is 0 Å². The Bertz CT molecular complexity index is 530. The predicted octanol–water partition coefficient (Wildman–Crippen LogP) is 6.48. The van der Waals surface area contributed by atoms with Gasteiger partial charge >= 0.3 is 0 Å². The van der Waals surface area contributed by atoms with Crippen LogP contribution >= 0.6 is 0 Å².